The number of halogens is 5. The van der Waals surface area contributed by atoms with E-state index in [0.29, 0.717) is 17.2 Å². The van der Waals surface area contributed by atoms with Crippen LogP contribution in [0.5, 0.6) is 6.01 Å². The molecule has 16 heteroatoms. The van der Waals surface area contributed by atoms with Gasteiger partial charge in [0.15, 0.2) is 5.82 Å². The normalized spacial score (nSPS) is 20.2. The molecule has 0 aliphatic carbocycles. The van der Waals surface area contributed by atoms with Gasteiger partial charge in [-0.1, -0.05) is 19.9 Å². The minimum atomic E-state index is -5.02. The zero-order valence-corrected chi connectivity index (χ0v) is 30.8. The number of carbonyl (C=O) groups excluding carboxylic acids is 1. The summed E-state index contributed by atoms with van der Waals surface area (Å²) in [6.07, 6.45) is -0.0317. The number of likely N-dealkylation sites (tertiary alicyclic amines) is 1. The van der Waals surface area contributed by atoms with E-state index in [-0.39, 0.29) is 74.1 Å². The zero-order chi connectivity index (χ0) is 38.2. The number of nitriles is 1. The first-order valence-electron chi connectivity index (χ1n) is 17.7. The monoisotopic (exact) mass is 759 g/mol. The van der Waals surface area contributed by atoms with Crippen molar-refractivity contribution in [3.8, 4) is 23.2 Å². The van der Waals surface area contributed by atoms with E-state index in [0.717, 1.165) is 63.6 Å². The van der Waals surface area contributed by atoms with E-state index in [4.69, 9.17) is 15.2 Å². The van der Waals surface area contributed by atoms with Gasteiger partial charge in [0.05, 0.1) is 27.5 Å². The van der Waals surface area contributed by atoms with E-state index in [1.807, 2.05) is 24.8 Å². The Morgan fingerprint density at radius 2 is 1.92 bits per heavy atom. The van der Waals surface area contributed by atoms with Gasteiger partial charge in [0, 0.05) is 55.5 Å². The molecular weight excluding hydrogens is 718 g/mol. The average molecular weight is 760 g/mol. The van der Waals surface area contributed by atoms with Crippen LogP contribution in [0.25, 0.3) is 32.1 Å². The Morgan fingerprint density at radius 3 is 2.57 bits per heavy atom. The molecule has 2 atom stereocenters. The standard InChI is InChI=1S/C29H27F5N6O2S.C8H15NO/c1-3-37-26-16-9-18(29(32,33)34)21(15-5-6-19(30)24-20(15)17(11-35)25(36)43-24)22(31)23(16)38-27(39-26)42-13-28-7-4-8-40(28)12-14(10-28)41-2;1-7(2)8(10)9-5-3-4-6-9/h5-6,9,14H,3-4,7-8,10,12-13,36H2,1-2H3,(H,37,38,39);7H,3-6H2,1-2H3. The molecule has 53 heavy (non-hydrogen) atoms. The fourth-order valence-electron chi connectivity index (χ4n) is 7.69. The number of aromatic nitrogens is 2. The van der Waals surface area contributed by atoms with Crippen molar-refractivity contribution in [2.45, 2.75) is 70.7 Å². The number of nitrogens with one attached hydrogen (secondary N) is 1. The summed E-state index contributed by atoms with van der Waals surface area (Å²) in [7, 11) is 1.66. The molecule has 7 rings (SSSR count). The van der Waals surface area contributed by atoms with Crippen LogP contribution in [-0.2, 0) is 15.7 Å². The molecule has 3 aliphatic rings. The SMILES string of the molecule is CC(C)C(=O)N1CCCC1.CCNc1nc(OCC23CCCN2CC(OC)C3)nc2c(F)c(-c3ccc(F)c4sc(N)c(C#N)c34)c(C(F)(F)F)cc12. The summed E-state index contributed by atoms with van der Waals surface area (Å²) in [5, 5.41) is 12.1. The Hall–Kier alpha value is -4.33. The first-order chi connectivity index (χ1) is 25.2. The van der Waals surface area contributed by atoms with Gasteiger partial charge in [-0.15, -0.1) is 11.3 Å². The van der Waals surface area contributed by atoms with Crippen LogP contribution in [0.15, 0.2) is 18.2 Å². The first kappa shape index (κ1) is 38.4. The molecule has 3 N–H and O–H groups in total. The summed E-state index contributed by atoms with van der Waals surface area (Å²) in [5.41, 5.74) is 2.43. The van der Waals surface area contributed by atoms with Crippen molar-refractivity contribution < 1.29 is 36.2 Å². The number of thiophene rings is 1. The molecule has 5 heterocycles. The maximum absolute atomic E-state index is 16.6. The van der Waals surface area contributed by atoms with E-state index < -0.39 is 34.5 Å². The number of benzene rings is 2. The molecule has 2 aromatic carbocycles. The number of carbonyl (C=O) groups is 1. The lowest BCUT2D eigenvalue weighted by Gasteiger charge is -2.31. The van der Waals surface area contributed by atoms with Crippen molar-refractivity contribution in [2.24, 2.45) is 5.92 Å². The Morgan fingerprint density at radius 1 is 1.19 bits per heavy atom. The van der Waals surface area contributed by atoms with Crippen molar-refractivity contribution in [2.75, 3.05) is 57.5 Å². The molecule has 2 unspecified atom stereocenters. The predicted octanol–water partition coefficient (Wildman–Crippen LogP) is 7.59. The lowest BCUT2D eigenvalue weighted by atomic mass is 9.92. The number of anilines is 2. The topological polar surface area (TPSA) is 130 Å². The Labute approximate surface area is 308 Å². The van der Waals surface area contributed by atoms with E-state index in [9.17, 15) is 27.6 Å². The second kappa shape index (κ2) is 15.2. The van der Waals surface area contributed by atoms with Gasteiger partial charge in [-0.05, 0) is 63.3 Å². The number of hydrogen-bond donors (Lipinski definition) is 2. The van der Waals surface area contributed by atoms with Crippen LogP contribution in [0.3, 0.4) is 0 Å². The molecule has 284 valence electrons. The molecule has 0 bridgehead atoms. The van der Waals surface area contributed by atoms with Crippen molar-refractivity contribution in [1.29, 1.82) is 5.26 Å². The lowest BCUT2D eigenvalue weighted by Crippen LogP contribution is -2.43. The Bertz CT molecular complexity index is 2060. The maximum atomic E-state index is 16.6. The van der Waals surface area contributed by atoms with Crippen molar-refractivity contribution in [1.82, 2.24) is 19.8 Å². The highest BCUT2D eigenvalue weighted by Gasteiger charge is 2.49. The first-order valence-corrected chi connectivity index (χ1v) is 18.5. The summed E-state index contributed by atoms with van der Waals surface area (Å²) in [6, 6.07) is 4.34. The second-order valence-corrected chi connectivity index (χ2v) is 15.0. The minimum absolute atomic E-state index is 0.0258. The number of ether oxygens (including phenoxy) is 2. The van der Waals surface area contributed by atoms with Crippen molar-refractivity contribution in [3.05, 3.63) is 41.0 Å². The third kappa shape index (κ3) is 7.30. The molecular formula is C37H42F5N7O3S. The molecule has 3 saturated heterocycles. The van der Waals surface area contributed by atoms with Crippen LogP contribution < -0.4 is 15.8 Å². The molecule has 4 aromatic rings. The third-order valence-electron chi connectivity index (χ3n) is 10.2. The van der Waals surface area contributed by atoms with Crippen LogP contribution in [0, 0.1) is 28.9 Å². The van der Waals surface area contributed by atoms with Gasteiger partial charge in [-0.2, -0.15) is 28.4 Å². The van der Waals surface area contributed by atoms with E-state index in [1.165, 1.54) is 12.8 Å². The van der Waals surface area contributed by atoms with Gasteiger partial charge in [0.25, 0.3) is 0 Å². The zero-order valence-electron chi connectivity index (χ0n) is 30.0. The van der Waals surface area contributed by atoms with Crippen molar-refractivity contribution >= 4 is 49.1 Å². The Kier molecular flexibility index (Phi) is 11.0. The predicted molar refractivity (Wildman–Crippen MR) is 194 cm³/mol. The number of nitrogen functional groups attached to an aromatic ring is 1. The summed E-state index contributed by atoms with van der Waals surface area (Å²) in [4.78, 5) is 24.1. The van der Waals surface area contributed by atoms with Crippen LogP contribution in [-0.4, -0.2) is 83.8 Å². The molecule has 10 nitrogen and oxygen atoms in total. The van der Waals surface area contributed by atoms with Crippen LogP contribution in [0.1, 0.15) is 64.0 Å². The highest BCUT2D eigenvalue weighted by atomic mass is 32.1. The van der Waals surface area contributed by atoms with Crippen molar-refractivity contribution in [3.63, 3.8) is 0 Å². The van der Waals surface area contributed by atoms with Crippen LogP contribution in [0.4, 0.5) is 32.8 Å². The smallest absolute Gasteiger partial charge is 0.417 e. The van der Waals surface area contributed by atoms with Gasteiger partial charge < -0.3 is 25.4 Å². The van der Waals surface area contributed by atoms with Gasteiger partial charge in [0.1, 0.15) is 34.8 Å². The van der Waals surface area contributed by atoms with Gasteiger partial charge in [0.2, 0.25) is 5.91 Å². The van der Waals surface area contributed by atoms with Gasteiger partial charge in [-0.3, -0.25) is 9.69 Å². The third-order valence-corrected chi connectivity index (χ3v) is 11.3. The molecule has 3 fully saturated rings. The fraction of sp³-hybridized carbons (Fsp3) is 0.514. The maximum Gasteiger partial charge on any atom is 0.417 e. The molecule has 0 spiro atoms. The highest BCUT2D eigenvalue weighted by molar-refractivity contribution is 7.23. The van der Waals surface area contributed by atoms with Gasteiger partial charge >= 0.3 is 12.2 Å². The van der Waals surface area contributed by atoms with E-state index in [2.05, 4.69) is 20.2 Å². The molecule has 2 aromatic heterocycles. The Balaban J connectivity index is 0.000000417. The number of fused-ring (bicyclic) bond motifs is 3. The summed E-state index contributed by atoms with van der Waals surface area (Å²) >= 11 is 0.708. The summed E-state index contributed by atoms with van der Waals surface area (Å²) in [6.45, 7) is 9.71. The number of rotatable bonds is 8. The molecule has 0 radical (unpaired) electrons. The number of alkyl halides is 3. The number of nitrogens with zero attached hydrogens (tertiary/aromatic N) is 5. The minimum Gasteiger partial charge on any atom is -0.461 e. The largest absolute Gasteiger partial charge is 0.461 e. The fourth-order valence-corrected chi connectivity index (χ4v) is 8.64. The van der Waals surface area contributed by atoms with Crippen LogP contribution in [0.2, 0.25) is 0 Å². The number of amides is 1. The number of nitrogens with two attached hydrogens (primary N) is 1. The number of methoxy groups -OCH3 is 1. The lowest BCUT2D eigenvalue weighted by molar-refractivity contribution is -0.137. The van der Waals surface area contributed by atoms with E-state index >= 15 is 4.39 Å². The molecule has 0 saturated carbocycles. The van der Waals surface area contributed by atoms with E-state index in [1.54, 1.807) is 14.0 Å². The molecule has 1 amide bonds. The number of hydrogen-bond acceptors (Lipinski definition) is 10. The second-order valence-electron chi connectivity index (χ2n) is 14.0. The van der Waals surface area contributed by atoms with Gasteiger partial charge in [-0.25, -0.2) is 8.78 Å². The van der Waals surface area contributed by atoms with Crippen LogP contribution >= 0.6 is 11.3 Å². The quantitative estimate of drug-likeness (QED) is 0.175. The summed E-state index contributed by atoms with van der Waals surface area (Å²) < 4.78 is 86.4. The molecule has 3 aliphatic heterocycles. The highest BCUT2D eigenvalue weighted by Crippen LogP contribution is 2.48. The average Bonchev–Trinajstić information content (AvgIpc) is 3.91. The summed E-state index contributed by atoms with van der Waals surface area (Å²) in [5.74, 6) is -1.63.